The molecule has 0 spiro atoms. The van der Waals surface area contributed by atoms with Gasteiger partial charge < -0.3 is 14.7 Å². The van der Waals surface area contributed by atoms with Crippen LogP contribution in [0.1, 0.15) is 6.92 Å². The van der Waals surface area contributed by atoms with Crippen molar-refractivity contribution in [1.29, 1.82) is 0 Å². The Bertz CT molecular complexity index is 611. The summed E-state index contributed by atoms with van der Waals surface area (Å²) < 4.78 is 29.3. The van der Waals surface area contributed by atoms with E-state index in [9.17, 15) is 13.2 Å². The minimum absolute atomic E-state index is 0.00125. The molecule has 2 rings (SSSR count). The molecule has 1 atom stereocenters. The van der Waals surface area contributed by atoms with Crippen LogP contribution in [0.4, 0.5) is 5.69 Å². The number of ether oxygens (including phenoxy) is 1. The molecule has 1 aliphatic rings. The van der Waals surface area contributed by atoms with Gasteiger partial charge in [0, 0.05) is 7.05 Å². The first-order chi connectivity index (χ1) is 8.79. The second kappa shape index (κ2) is 4.73. The predicted octanol–water partition coefficient (Wildman–Crippen LogP) is 0.762. The molecule has 1 unspecified atom stereocenters. The predicted molar refractivity (Wildman–Crippen MR) is 69.5 cm³/mol. The third-order valence-electron chi connectivity index (χ3n) is 2.87. The van der Waals surface area contributed by atoms with Gasteiger partial charge in [0.2, 0.25) is 0 Å². The number of anilines is 1. The fraction of sp³-hybridized carbons (Fsp3) is 0.417. The Labute approximate surface area is 111 Å². The number of carboxylic acids is 1. The molecule has 7 heteroatoms. The van der Waals surface area contributed by atoms with Crippen molar-refractivity contribution in [3.8, 4) is 5.75 Å². The summed E-state index contributed by atoms with van der Waals surface area (Å²) in [5.41, 5.74) is 0.657. The van der Waals surface area contributed by atoms with Crippen molar-refractivity contribution in [2.45, 2.75) is 17.9 Å². The summed E-state index contributed by atoms with van der Waals surface area (Å²) in [6, 6.07) is 4.40. The number of carbonyl (C=O) groups is 1. The Morgan fingerprint density at radius 1 is 1.53 bits per heavy atom. The van der Waals surface area contributed by atoms with Gasteiger partial charge in [-0.1, -0.05) is 0 Å². The molecule has 1 aromatic carbocycles. The van der Waals surface area contributed by atoms with Gasteiger partial charge in [0.1, 0.15) is 11.9 Å². The number of carboxylic acid groups (broad SMARTS) is 1. The first-order valence-electron chi connectivity index (χ1n) is 5.76. The van der Waals surface area contributed by atoms with Crippen LogP contribution in [0, 0.1) is 0 Å². The van der Waals surface area contributed by atoms with Gasteiger partial charge in [-0.15, -0.1) is 0 Å². The second-order valence-electron chi connectivity index (χ2n) is 4.59. The maximum Gasteiger partial charge on any atom is 0.319 e. The highest BCUT2D eigenvalue weighted by molar-refractivity contribution is 7.92. The molecule has 1 N–H and O–H groups in total. The lowest BCUT2D eigenvalue weighted by Crippen LogP contribution is -2.35. The molecule has 1 aromatic rings. The van der Waals surface area contributed by atoms with E-state index in [1.807, 2.05) is 18.9 Å². The molecule has 1 aliphatic heterocycles. The fourth-order valence-electron chi connectivity index (χ4n) is 2.07. The molecule has 0 aromatic heterocycles. The third-order valence-corrected chi connectivity index (χ3v) is 4.47. The highest BCUT2D eigenvalue weighted by Gasteiger charge is 2.24. The van der Waals surface area contributed by atoms with Gasteiger partial charge in [-0.25, -0.2) is 8.42 Å². The molecular formula is C12H15NO5S. The third kappa shape index (κ3) is 2.81. The Morgan fingerprint density at radius 2 is 2.21 bits per heavy atom. The summed E-state index contributed by atoms with van der Waals surface area (Å²) in [6.07, 6.45) is 0.0268. The van der Waals surface area contributed by atoms with Crippen molar-refractivity contribution in [3.05, 3.63) is 18.2 Å². The number of benzene rings is 1. The standard InChI is InChI=1S/C12H15NO5S/c1-8-6-13(2)10-5-9(3-4-11(10)18-8)19(16,17)7-12(14)15/h3-5,8H,6-7H2,1-2H3,(H,14,15). The number of hydrogen-bond donors (Lipinski definition) is 1. The molecule has 0 saturated carbocycles. The summed E-state index contributed by atoms with van der Waals surface area (Å²) in [7, 11) is -1.97. The topological polar surface area (TPSA) is 83.9 Å². The van der Waals surface area contributed by atoms with Crippen molar-refractivity contribution in [2.24, 2.45) is 0 Å². The summed E-state index contributed by atoms with van der Waals surface area (Å²) in [5, 5.41) is 8.62. The first kappa shape index (κ1) is 13.7. The average Bonchev–Trinajstić information content (AvgIpc) is 2.26. The van der Waals surface area contributed by atoms with Gasteiger partial charge >= 0.3 is 5.97 Å². The number of sulfone groups is 1. The van der Waals surface area contributed by atoms with Crippen LogP contribution in [-0.2, 0) is 14.6 Å². The smallest absolute Gasteiger partial charge is 0.319 e. The van der Waals surface area contributed by atoms with Crippen LogP contribution in [0.3, 0.4) is 0 Å². The van der Waals surface area contributed by atoms with Crippen LogP contribution < -0.4 is 9.64 Å². The number of aliphatic carboxylic acids is 1. The van der Waals surface area contributed by atoms with E-state index in [1.54, 1.807) is 6.07 Å². The molecule has 0 radical (unpaired) electrons. The van der Waals surface area contributed by atoms with Crippen LogP contribution >= 0.6 is 0 Å². The largest absolute Gasteiger partial charge is 0.487 e. The molecular weight excluding hydrogens is 270 g/mol. The average molecular weight is 285 g/mol. The molecule has 104 valence electrons. The van der Waals surface area contributed by atoms with Crippen LogP contribution in [-0.4, -0.2) is 44.9 Å². The van der Waals surface area contributed by atoms with Crippen molar-refractivity contribution in [1.82, 2.24) is 0 Å². The van der Waals surface area contributed by atoms with Gasteiger partial charge in [-0.2, -0.15) is 0 Å². The van der Waals surface area contributed by atoms with Crippen molar-refractivity contribution in [3.63, 3.8) is 0 Å². The number of nitrogens with zero attached hydrogens (tertiary/aromatic N) is 1. The molecule has 0 bridgehead atoms. The fourth-order valence-corrected chi connectivity index (χ4v) is 3.13. The molecule has 0 fully saturated rings. The van der Waals surface area contributed by atoms with Gasteiger partial charge in [0.05, 0.1) is 17.1 Å². The minimum atomic E-state index is -3.81. The summed E-state index contributed by atoms with van der Waals surface area (Å²) in [4.78, 5) is 12.5. The van der Waals surface area contributed by atoms with Gasteiger partial charge in [0.15, 0.2) is 15.6 Å². The number of likely N-dealkylation sites (N-methyl/N-ethyl adjacent to an activating group) is 1. The monoisotopic (exact) mass is 285 g/mol. The van der Waals surface area contributed by atoms with E-state index >= 15 is 0 Å². The van der Waals surface area contributed by atoms with E-state index in [2.05, 4.69) is 0 Å². The highest BCUT2D eigenvalue weighted by atomic mass is 32.2. The van der Waals surface area contributed by atoms with Crippen LogP contribution in [0.15, 0.2) is 23.1 Å². The SMILES string of the molecule is CC1CN(C)c2cc(S(=O)(=O)CC(=O)O)ccc2O1. The van der Waals surface area contributed by atoms with Crippen molar-refractivity contribution < 1.29 is 23.1 Å². The Morgan fingerprint density at radius 3 is 2.84 bits per heavy atom. The Kier molecular flexibility index (Phi) is 3.40. The van der Waals surface area contributed by atoms with Crippen LogP contribution in [0.2, 0.25) is 0 Å². The molecule has 6 nitrogen and oxygen atoms in total. The van der Waals surface area contributed by atoms with Gasteiger partial charge in [-0.3, -0.25) is 4.79 Å². The summed E-state index contributed by atoms with van der Waals surface area (Å²) >= 11 is 0. The highest BCUT2D eigenvalue weighted by Crippen LogP contribution is 2.34. The van der Waals surface area contributed by atoms with Crippen molar-refractivity contribution in [2.75, 3.05) is 24.2 Å². The molecule has 1 heterocycles. The van der Waals surface area contributed by atoms with E-state index in [-0.39, 0.29) is 11.0 Å². The quantitative estimate of drug-likeness (QED) is 0.882. The maximum absolute atomic E-state index is 11.9. The van der Waals surface area contributed by atoms with E-state index < -0.39 is 21.6 Å². The van der Waals surface area contributed by atoms with E-state index in [0.29, 0.717) is 18.0 Å². The van der Waals surface area contributed by atoms with E-state index in [0.717, 1.165) is 0 Å². The Balaban J connectivity index is 2.42. The zero-order valence-electron chi connectivity index (χ0n) is 10.7. The maximum atomic E-state index is 11.9. The number of rotatable bonds is 3. The lowest BCUT2D eigenvalue weighted by molar-refractivity contribution is -0.134. The molecule has 0 amide bonds. The van der Waals surface area contributed by atoms with Gasteiger partial charge in [0.25, 0.3) is 0 Å². The van der Waals surface area contributed by atoms with Crippen LogP contribution in [0.25, 0.3) is 0 Å². The first-order valence-corrected chi connectivity index (χ1v) is 7.41. The van der Waals surface area contributed by atoms with E-state index in [4.69, 9.17) is 9.84 Å². The minimum Gasteiger partial charge on any atom is -0.487 e. The van der Waals surface area contributed by atoms with Gasteiger partial charge in [-0.05, 0) is 25.1 Å². The molecule has 0 saturated heterocycles. The zero-order chi connectivity index (χ0) is 14.2. The number of hydrogen-bond acceptors (Lipinski definition) is 5. The van der Waals surface area contributed by atoms with Crippen molar-refractivity contribution >= 4 is 21.5 Å². The molecule has 0 aliphatic carbocycles. The second-order valence-corrected chi connectivity index (χ2v) is 6.58. The summed E-state index contributed by atoms with van der Waals surface area (Å²) in [5.74, 6) is -1.67. The number of fused-ring (bicyclic) bond motifs is 1. The van der Waals surface area contributed by atoms with Crippen LogP contribution in [0.5, 0.6) is 5.75 Å². The Hall–Kier alpha value is -1.76. The summed E-state index contributed by atoms with van der Waals surface area (Å²) in [6.45, 7) is 2.57. The lowest BCUT2D eigenvalue weighted by atomic mass is 10.2. The normalized spacial score (nSPS) is 18.6. The van der Waals surface area contributed by atoms with E-state index in [1.165, 1.54) is 12.1 Å². The molecule has 19 heavy (non-hydrogen) atoms. The lowest BCUT2D eigenvalue weighted by Gasteiger charge is -2.32. The zero-order valence-corrected chi connectivity index (χ0v) is 11.5.